The Hall–Kier alpha value is -1.64. The average molecular weight is 162 g/mol. The molecule has 1 heterocycles. The van der Waals surface area contributed by atoms with Crippen molar-refractivity contribution in [3.63, 3.8) is 0 Å². The summed E-state index contributed by atoms with van der Waals surface area (Å²) >= 11 is 0. The molecule has 0 saturated heterocycles. The molecule has 3 N–H and O–H groups in total. The monoisotopic (exact) mass is 162 g/mol. The van der Waals surface area contributed by atoms with Gasteiger partial charge >= 0.3 is 0 Å². The van der Waals surface area contributed by atoms with E-state index in [2.05, 4.69) is 11.9 Å². The van der Waals surface area contributed by atoms with Crippen molar-refractivity contribution in [2.45, 2.75) is 0 Å². The van der Waals surface area contributed by atoms with E-state index >= 15 is 0 Å². The maximum Gasteiger partial charge on any atom is 0.159 e. The molecular weight excluding hydrogens is 154 g/mol. The minimum absolute atomic E-state index is 0.110. The van der Waals surface area contributed by atoms with Gasteiger partial charge in [-0.05, 0) is 19.1 Å². The van der Waals surface area contributed by atoms with Gasteiger partial charge in [-0.1, -0.05) is 0 Å². The van der Waals surface area contributed by atoms with Crippen LogP contribution in [0.4, 0.5) is 0 Å². The van der Waals surface area contributed by atoms with Crippen molar-refractivity contribution < 1.29 is 10.2 Å². The van der Waals surface area contributed by atoms with Crippen LogP contribution in [0.3, 0.4) is 0 Å². The third-order valence-corrected chi connectivity index (χ3v) is 1.77. The van der Waals surface area contributed by atoms with Crippen LogP contribution >= 0.6 is 0 Å². The molecule has 0 amide bonds. The van der Waals surface area contributed by atoms with E-state index in [9.17, 15) is 0 Å². The van der Waals surface area contributed by atoms with E-state index in [4.69, 9.17) is 10.2 Å². The Balaban J connectivity index is 2.83. The molecule has 0 aliphatic rings. The van der Waals surface area contributed by atoms with E-state index in [1.165, 1.54) is 12.1 Å². The number of hydrogen-bond acceptors (Lipinski definition) is 2. The number of rotatable bonds is 0. The van der Waals surface area contributed by atoms with Gasteiger partial charge in [0.05, 0.1) is 0 Å². The van der Waals surface area contributed by atoms with Gasteiger partial charge in [-0.3, -0.25) is 0 Å². The van der Waals surface area contributed by atoms with Crippen molar-refractivity contribution >= 4 is 10.9 Å². The van der Waals surface area contributed by atoms with Crippen LogP contribution in [0.2, 0.25) is 0 Å². The lowest BCUT2D eigenvalue weighted by Crippen LogP contribution is -1.70. The number of nitrogens with one attached hydrogen (secondary N) is 1. The molecule has 12 heavy (non-hydrogen) atoms. The minimum Gasteiger partial charge on any atom is -0.504 e. The number of phenolic OH excluding ortho intramolecular Hbond substituents is 2. The van der Waals surface area contributed by atoms with E-state index in [0.717, 1.165) is 16.6 Å². The largest absolute Gasteiger partial charge is 0.504 e. The summed E-state index contributed by atoms with van der Waals surface area (Å²) in [5, 5.41) is 19.1. The van der Waals surface area contributed by atoms with Crippen molar-refractivity contribution in [2.24, 2.45) is 0 Å². The average Bonchev–Trinajstić information content (AvgIpc) is 2.30. The van der Waals surface area contributed by atoms with Gasteiger partial charge in [0.25, 0.3) is 0 Å². The second-order valence-corrected chi connectivity index (χ2v) is 2.72. The molecule has 2 rings (SSSR count). The molecule has 0 bridgehead atoms. The maximum absolute atomic E-state index is 9.14. The van der Waals surface area contributed by atoms with E-state index in [1.54, 1.807) is 6.07 Å². The van der Waals surface area contributed by atoms with Gasteiger partial charge in [0.1, 0.15) is 0 Å². The molecule has 0 fully saturated rings. The Morgan fingerprint density at radius 2 is 1.75 bits per heavy atom. The SMILES string of the molecule is [CH2]c1cc2cc(O)c(O)cc2[nH]1. The Bertz CT molecular complexity index is 392. The number of aromatic hydroxyl groups is 2. The molecular formula is C9H8NO2. The summed E-state index contributed by atoms with van der Waals surface area (Å²) in [6, 6.07) is 4.77. The third-order valence-electron chi connectivity index (χ3n) is 1.77. The number of benzene rings is 1. The van der Waals surface area contributed by atoms with Gasteiger partial charge in [0.15, 0.2) is 11.5 Å². The van der Waals surface area contributed by atoms with Crippen molar-refractivity contribution in [1.82, 2.24) is 4.98 Å². The van der Waals surface area contributed by atoms with Gasteiger partial charge in [0.2, 0.25) is 0 Å². The van der Waals surface area contributed by atoms with Crippen LogP contribution in [0.15, 0.2) is 18.2 Å². The molecule has 0 spiro atoms. The molecule has 0 atom stereocenters. The van der Waals surface area contributed by atoms with Crippen molar-refractivity contribution in [3.8, 4) is 11.5 Å². The molecule has 0 saturated carbocycles. The maximum atomic E-state index is 9.14. The second kappa shape index (κ2) is 2.17. The van der Waals surface area contributed by atoms with E-state index in [1.807, 2.05) is 0 Å². The number of fused-ring (bicyclic) bond motifs is 1. The first-order valence-corrected chi connectivity index (χ1v) is 3.53. The predicted molar refractivity (Wildman–Crippen MR) is 46.1 cm³/mol. The molecule has 0 aliphatic heterocycles. The lowest BCUT2D eigenvalue weighted by Gasteiger charge is -1.95. The molecule has 3 heteroatoms. The molecule has 61 valence electrons. The van der Waals surface area contributed by atoms with Crippen LogP contribution in [0.5, 0.6) is 11.5 Å². The summed E-state index contributed by atoms with van der Waals surface area (Å²) < 4.78 is 0. The number of phenols is 2. The lowest BCUT2D eigenvalue weighted by molar-refractivity contribution is 0.405. The van der Waals surface area contributed by atoms with Crippen LogP contribution in [-0.4, -0.2) is 15.2 Å². The number of aromatic amines is 1. The summed E-state index contributed by atoms with van der Waals surface area (Å²) in [5.74, 6) is -0.231. The summed E-state index contributed by atoms with van der Waals surface area (Å²) in [7, 11) is 0. The van der Waals surface area contributed by atoms with Crippen LogP contribution < -0.4 is 0 Å². The number of hydrogen-bond donors (Lipinski definition) is 3. The van der Waals surface area contributed by atoms with Crippen molar-refractivity contribution in [2.75, 3.05) is 0 Å². The Labute approximate surface area is 69.3 Å². The fourth-order valence-corrected chi connectivity index (χ4v) is 1.22. The molecule has 0 aliphatic carbocycles. The highest BCUT2D eigenvalue weighted by Gasteiger charge is 2.03. The number of H-pyrrole nitrogens is 1. The fraction of sp³-hybridized carbons (Fsp3) is 0. The lowest BCUT2D eigenvalue weighted by atomic mass is 10.2. The Morgan fingerprint density at radius 1 is 1.08 bits per heavy atom. The molecule has 1 aromatic carbocycles. The first-order chi connectivity index (χ1) is 5.66. The highest BCUT2D eigenvalue weighted by atomic mass is 16.3. The highest BCUT2D eigenvalue weighted by Crippen LogP contribution is 2.29. The Kier molecular flexibility index (Phi) is 1.27. The van der Waals surface area contributed by atoms with Gasteiger partial charge in [-0.25, -0.2) is 0 Å². The number of aromatic nitrogens is 1. The summed E-state index contributed by atoms with van der Waals surface area (Å²) in [6.07, 6.45) is 0. The van der Waals surface area contributed by atoms with Gasteiger partial charge < -0.3 is 15.2 Å². The van der Waals surface area contributed by atoms with Crippen molar-refractivity contribution in [1.29, 1.82) is 0 Å². The standard InChI is InChI=1S/C9H8NO2/c1-5-2-6-3-8(11)9(12)4-7(6)10-5/h2-4,10-12H,1H2. The van der Waals surface area contributed by atoms with E-state index < -0.39 is 0 Å². The summed E-state index contributed by atoms with van der Waals surface area (Å²) in [5.41, 5.74) is 1.53. The van der Waals surface area contributed by atoms with E-state index in [0.29, 0.717) is 0 Å². The zero-order valence-corrected chi connectivity index (χ0v) is 6.33. The van der Waals surface area contributed by atoms with Gasteiger partial charge in [-0.15, -0.1) is 0 Å². The van der Waals surface area contributed by atoms with Crippen LogP contribution in [0, 0.1) is 6.92 Å². The zero-order valence-electron chi connectivity index (χ0n) is 6.33. The third kappa shape index (κ3) is 0.906. The van der Waals surface area contributed by atoms with Gasteiger partial charge in [-0.2, -0.15) is 0 Å². The smallest absolute Gasteiger partial charge is 0.159 e. The fourth-order valence-electron chi connectivity index (χ4n) is 1.22. The first-order valence-electron chi connectivity index (χ1n) is 3.53. The minimum atomic E-state index is -0.121. The normalized spacial score (nSPS) is 10.8. The highest BCUT2D eigenvalue weighted by molar-refractivity contribution is 5.84. The Morgan fingerprint density at radius 3 is 2.50 bits per heavy atom. The van der Waals surface area contributed by atoms with Crippen LogP contribution in [0.1, 0.15) is 5.69 Å². The zero-order chi connectivity index (χ0) is 8.72. The predicted octanol–water partition coefficient (Wildman–Crippen LogP) is 1.76. The molecule has 2 aromatic rings. The van der Waals surface area contributed by atoms with Gasteiger partial charge in [0, 0.05) is 22.7 Å². The molecule has 3 nitrogen and oxygen atoms in total. The van der Waals surface area contributed by atoms with Crippen molar-refractivity contribution in [3.05, 3.63) is 30.8 Å². The second-order valence-electron chi connectivity index (χ2n) is 2.72. The van der Waals surface area contributed by atoms with Crippen LogP contribution in [-0.2, 0) is 0 Å². The van der Waals surface area contributed by atoms with Crippen LogP contribution in [0.25, 0.3) is 10.9 Å². The first kappa shape index (κ1) is 7.03. The summed E-state index contributed by atoms with van der Waals surface area (Å²) in [4.78, 5) is 2.94. The van der Waals surface area contributed by atoms with E-state index in [-0.39, 0.29) is 11.5 Å². The topological polar surface area (TPSA) is 56.2 Å². The molecule has 1 radical (unpaired) electrons. The quantitative estimate of drug-likeness (QED) is 0.517. The molecule has 1 aromatic heterocycles. The summed E-state index contributed by atoms with van der Waals surface area (Å²) in [6.45, 7) is 3.70. The molecule has 0 unspecified atom stereocenters.